The molecule has 1 unspecified atom stereocenters. The van der Waals surface area contributed by atoms with Crippen molar-refractivity contribution in [2.45, 2.75) is 25.9 Å². The number of ether oxygens (including phenoxy) is 2. The Balaban J connectivity index is 0.00000288. The van der Waals surface area contributed by atoms with Crippen LogP contribution in [0.25, 0.3) is 0 Å². The zero-order valence-corrected chi connectivity index (χ0v) is 17.2. The van der Waals surface area contributed by atoms with Gasteiger partial charge >= 0.3 is 0 Å². The minimum atomic E-state index is 0. The van der Waals surface area contributed by atoms with Crippen LogP contribution in [0.5, 0.6) is 5.75 Å². The van der Waals surface area contributed by atoms with Gasteiger partial charge in [-0.1, -0.05) is 18.2 Å². The molecule has 1 aromatic rings. The molecule has 1 aromatic carbocycles. The van der Waals surface area contributed by atoms with E-state index in [0.717, 1.165) is 37.4 Å². The number of hydrogen-bond acceptors (Lipinski definition) is 3. The second-order valence-electron chi connectivity index (χ2n) is 6.11. The molecule has 1 saturated carbocycles. The van der Waals surface area contributed by atoms with Gasteiger partial charge in [0.2, 0.25) is 0 Å². The van der Waals surface area contributed by atoms with Gasteiger partial charge in [-0.25, -0.2) is 0 Å². The maximum atomic E-state index is 5.86. The minimum Gasteiger partial charge on any atom is -0.489 e. The van der Waals surface area contributed by atoms with Crippen molar-refractivity contribution in [1.29, 1.82) is 0 Å². The summed E-state index contributed by atoms with van der Waals surface area (Å²) in [6, 6.07) is 9.87. The second kappa shape index (κ2) is 11.5. The summed E-state index contributed by atoms with van der Waals surface area (Å²) in [5.74, 6) is 2.57. The number of aliphatic imine (C=N–C) groups is 1. The predicted molar refractivity (Wildman–Crippen MR) is 109 cm³/mol. The van der Waals surface area contributed by atoms with Crippen molar-refractivity contribution in [3.63, 3.8) is 0 Å². The van der Waals surface area contributed by atoms with Gasteiger partial charge in [-0.05, 0) is 37.8 Å². The highest BCUT2D eigenvalue weighted by atomic mass is 127. The lowest BCUT2D eigenvalue weighted by atomic mass is 10.3. The van der Waals surface area contributed by atoms with Crippen LogP contribution in [0.3, 0.4) is 0 Å². The third-order valence-electron chi connectivity index (χ3n) is 3.82. The third kappa shape index (κ3) is 8.19. The van der Waals surface area contributed by atoms with E-state index in [1.54, 1.807) is 7.05 Å². The summed E-state index contributed by atoms with van der Waals surface area (Å²) < 4.78 is 11.5. The Bertz CT molecular complexity index is 480. The standard InChI is InChI=1S/C18H29N3O2.HI/c1-15(23-17-7-5-4-6-8-17)13-20-18(19-2)21(3)11-12-22-14-16-9-10-16;/h4-8,15-16H,9-14H2,1-3H3,(H,19,20);1H. The van der Waals surface area contributed by atoms with Crippen LogP contribution in [0.4, 0.5) is 0 Å². The first-order valence-electron chi connectivity index (χ1n) is 8.40. The van der Waals surface area contributed by atoms with Crippen LogP contribution in [-0.4, -0.2) is 57.4 Å². The van der Waals surface area contributed by atoms with Crippen molar-refractivity contribution in [3.05, 3.63) is 30.3 Å². The van der Waals surface area contributed by atoms with Gasteiger partial charge in [-0.3, -0.25) is 4.99 Å². The van der Waals surface area contributed by atoms with E-state index in [1.165, 1.54) is 12.8 Å². The van der Waals surface area contributed by atoms with E-state index in [9.17, 15) is 0 Å². The predicted octanol–water partition coefficient (Wildman–Crippen LogP) is 3.01. The molecule has 24 heavy (non-hydrogen) atoms. The molecule has 0 amide bonds. The van der Waals surface area contributed by atoms with Crippen LogP contribution in [-0.2, 0) is 4.74 Å². The summed E-state index contributed by atoms with van der Waals surface area (Å²) in [7, 11) is 3.82. The first-order valence-corrected chi connectivity index (χ1v) is 8.40. The minimum absolute atomic E-state index is 0. The topological polar surface area (TPSA) is 46.1 Å². The molecule has 0 heterocycles. The van der Waals surface area contributed by atoms with Gasteiger partial charge in [0, 0.05) is 27.2 Å². The Labute approximate surface area is 162 Å². The molecule has 1 aliphatic carbocycles. The zero-order chi connectivity index (χ0) is 16.5. The van der Waals surface area contributed by atoms with Gasteiger partial charge in [0.05, 0.1) is 13.2 Å². The van der Waals surface area contributed by atoms with Gasteiger partial charge in [-0.15, -0.1) is 24.0 Å². The van der Waals surface area contributed by atoms with E-state index in [0.29, 0.717) is 6.54 Å². The van der Waals surface area contributed by atoms with Gasteiger partial charge in [0.25, 0.3) is 0 Å². The molecule has 0 saturated heterocycles. The van der Waals surface area contributed by atoms with E-state index in [4.69, 9.17) is 9.47 Å². The lowest BCUT2D eigenvalue weighted by Gasteiger charge is -2.24. The quantitative estimate of drug-likeness (QED) is 0.274. The van der Waals surface area contributed by atoms with E-state index in [2.05, 4.69) is 15.2 Å². The fourth-order valence-corrected chi connectivity index (χ4v) is 2.23. The monoisotopic (exact) mass is 447 g/mol. The van der Waals surface area contributed by atoms with Crippen molar-refractivity contribution in [1.82, 2.24) is 10.2 Å². The maximum Gasteiger partial charge on any atom is 0.193 e. The SMILES string of the molecule is CN=C(NCC(C)Oc1ccccc1)N(C)CCOCC1CC1.I. The number of hydrogen-bond donors (Lipinski definition) is 1. The summed E-state index contributed by atoms with van der Waals surface area (Å²) in [5.41, 5.74) is 0. The van der Waals surface area contributed by atoms with E-state index in [1.807, 2.05) is 44.3 Å². The summed E-state index contributed by atoms with van der Waals surface area (Å²) in [5, 5.41) is 3.35. The molecule has 1 N–H and O–H groups in total. The van der Waals surface area contributed by atoms with Crippen LogP contribution < -0.4 is 10.1 Å². The molecule has 0 aliphatic heterocycles. The number of rotatable bonds is 9. The fourth-order valence-electron chi connectivity index (χ4n) is 2.23. The Kier molecular flexibility index (Phi) is 10.1. The second-order valence-corrected chi connectivity index (χ2v) is 6.11. The van der Waals surface area contributed by atoms with E-state index < -0.39 is 0 Å². The van der Waals surface area contributed by atoms with Gasteiger partial charge in [0.1, 0.15) is 11.9 Å². The molecule has 1 aliphatic rings. The number of benzene rings is 1. The van der Waals surface area contributed by atoms with Crippen molar-refractivity contribution >= 4 is 29.9 Å². The molecule has 136 valence electrons. The first kappa shape index (κ1) is 21.0. The number of halogens is 1. The largest absolute Gasteiger partial charge is 0.489 e. The highest BCUT2D eigenvalue weighted by molar-refractivity contribution is 14.0. The number of nitrogens with zero attached hydrogens (tertiary/aromatic N) is 2. The number of nitrogens with one attached hydrogen (secondary N) is 1. The van der Waals surface area contributed by atoms with Gasteiger partial charge < -0.3 is 19.7 Å². The third-order valence-corrected chi connectivity index (χ3v) is 3.82. The average molecular weight is 447 g/mol. The first-order chi connectivity index (χ1) is 11.2. The lowest BCUT2D eigenvalue weighted by Crippen LogP contribution is -2.44. The van der Waals surface area contributed by atoms with Crippen LogP contribution in [0.2, 0.25) is 0 Å². The summed E-state index contributed by atoms with van der Waals surface area (Å²) >= 11 is 0. The summed E-state index contributed by atoms with van der Waals surface area (Å²) in [6.07, 6.45) is 2.73. The molecule has 0 radical (unpaired) electrons. The Morgan fingerprint density at radius 2 is 2.04 bits per heavy atom. The van der Waals surface area contributed by atoms with Crippen molar-refractivity contribution in [2.24, 2.45) is 10.9 Å². The highest BCUT2D eigenvalue weighted by Crippen LogP contribution is 2.28. The molecule has 5 nitrogen and oxygen atoms in total. The van der Waals surface area contributed by atoms with Crippen molar-refractivity contribution in [3.8, 4) is 5.75 Å². The Morgan fingerprint density at radius 3 is 2.67 bits per heavy atom. The Hall–Kier alpha value is -1.02. The van der Waals surface area contributed by atoms with Crippen LogP contribution in [0.15, 0.2) is 35.3 Å². The molecule has 6 heteroatoms. The molecule has 1 fully saturated rings. The van der Waals surface area contributed by atoms with Crippen molar-refractivity contribution in [2.75, 3.05) is 40.4 Å². The van der Waals surface area contributed by atoms with Crippen LogP contribution in [0.1, 0.15) is 19.8 Å². The molecular formula is C18H30IN3O2. The zero-order valence-electron chi connectivity index (χ0n) is 14.9. The molecule has 1 atom stereocenters. The lowest BCUT2D eigenvalue weighted by molar-refractivity contribution is 0.115. The van der Waals surface area contributed by atoms with Gasteiger partial charge in [0.15, 0.2) is 5.96 Å². The van der Waals surface area contributed by atoms with E-state index in [-0.39, 0.29) is 30.1 Å². The number of likely N-dealkylation sites (N-methyl/N-ethyl adjacent to an activating group) is 1. The molecule has 0 aromatic heterocycles. The van der Waals surface area contributed by atoms with Crippen LogP contribution >= 0.6 is 24.0 Å². The highest BCUT2D eigenvalue weighted by Gasteiger charge is 2.21. The van der Waals surface area contributed by atoms with Crippen LogP contribution in [0, 0.1) is 5.92 Å². The molecule has 0 spiro atoms. The smallest absolute Gasteiger partial charge is 0.193 e. The summed E-state index contributed by atoms with van der Waals surface area (Å²) in [6.45, 7) is 5.23. The van der Waals surface area contributed by atoms with E-state index >= 15 is 0 Å². The molecule has 2 rings (SSSR count). The average Bonchev–Trinajstić information content (AvgIpc) is 3.37. The fraction of sp³-hybridized carbons (Fsp3) is 0.611. The number of para-hydroxylation sites is 1. The summed E-state index contributed by atoms with van der Waals surface area (Å²) in [4.78, 5) is 6.40. The number of guanidine groups is 1. The maximum absolute atomic E-state index is 5.86. The van der Waals surface area contributed by atoms with Crippen molar-refractivity contribution < 1.29 is 9.47 Å². The normalized spacial score (nSPS) is 15.4. The Morgan fingerprint density at radius 1 is 1.33 bits per heavy atom. The van der Waals surface area contributed by atoms with Gasteiger partial charge in [-0.2, -0.15) is 0 Å². The molecule has 0 bridgehead atoms. The molecular weight excluding hydrogens is 417 g/mol.